The van der Waals surface area contributed by atoms with Gasteiger partial charge in [-0.25, -0.2) is 14.8 Å². The molecular formula is C26H16ClN3O3. The third-order valence-corrected chi connectivity index (χ3v) is 6.71. The minimum Gasteiger partial charge on any atom is -0.492 e. The molecule has 0 radical (unpaired) electrons. The molecule has 0 bridgehead atoms. The number of fused-ring (bicyclic) bond motifs is 8. The summed E-state index contributed by atoms with van der Waals surface area (Å²) in [6, 6.07) is 17.8. The lowest BCUT2D eigenvalue weighted by atomic mass is 10.1. The SMILES string of the molecule is O=c1oc2ncccc2c2c3c4c(ccc3n(Cc3cc5ccccc5nc3Cl)c12)CCO4. The lowest BCUT2D eigenvalue weighted by Gasteiger charge is -2.10. The fourth-order valence-corrected chi connectivity index (χ4v) is 5.14. The van der Waals surface area contributed by atoms with Gasteiger partial charge in [-0.15, -0.1) is 0 Å². The Morgan fingerprint density at radius 2 is 1.97 bits per heavy atom. The smallest absolute Gasteiger partial charge is 0.362 e. The Bertz CT molecular complexity index is 1820. The average molecular weight is 454 g/mol. The van der Waals surface area contributed by atoms with Crippen LogP contribution in [0.4, 0.5) is 0 Å². The monoisotopic (exact) mass is 453 g/mol. The molecule has 0 saturated heterocycles. The first-order valence-electron chi connectivity index (χ1n) is 10.7. The average Bonchev–Trinajstić information content (AvgIpc) is 3.43. The van der Waals surface area contributed by atoms with Crippen LogP contribution in [0.1, 0.15) is 11.1 Å². The van der Waals surface area contributed by atoms with Crippen molar-refractivity contribution in [3.8, 4) is 5.75 Å². The lowest BCUT2D eigenvalue weighted by Crippen LogP contribution is -2.09. The fraction of sp³-hybridized carbons (Fsp3) is 0.115. The van der Waals surface area contributed by atoms with Crippen molar-refractivity contribution in [2.75, 3.05) is 6.61 Å². The molecule has 6 nitrogen and oxygen atoms in total. The molecule has 0 N–H and O–H groups in total. The Hall–Kier alpha value is -3.90. The van der Waals surface area contributed by atoms with Crippen LogP contribution in [0.5, 0.6) is 5.75 Å². The lowest BCUT2D eigenvalue weighted by molar-refractivity contribution is 0.360. The molecule has 2 aromatic carbocycles. The highest BCUT2D eigenvalue weighted by molar-refractivity contribution is 6.30. The van der Waals surface area contributed by atoms with Crippen molar-refractivity contribution < 1.29 is 9.15 Å². The van der Waals surface area contributed by atoms with Gasteiger partial charge in [0.1, 0.15) is 16.4 Å². The van der Waals surface area contributed by atoms with E-state index in [9.17, 15) is 4.79 Å². The highest BCUT2D eigenvalue weighted by atomic mass is 35.5. The van der Waals surface area contributed by atoms with E-state index in [-0.39, 0.29) is 0 Å². The molecule has 7 rings (SSSR count). The van der Waals surface area contributed by atoms with Gasteiger partial charge >= 0.3 is 5.63 Å². The molecule has 0 saturated carbocycles. The van der Waals surface area contributed by atoms with Gasteiger partial charge in [-0.1, -0.05) is 35.9 Å². The Kier molecular flexibility index (Phi) is 3.84. The first kappa shape index (κ1) is 18.7. The van der Waals surface area contributed by atoms with E-state index in [0.717, 1.165) is 55.9 Å². The molecule has 33 heavy (non-hydrogen) atoms. The van der Waals surface area contributed by atoms with Crippen molar-refractivity contribution in [1.82, 2.24) is 14.5 Å². The predicted octanol–water partition coefficient (Wildman–Crippen LogP) is 5.48. The van der Waals surface area contributed by atoms with E-state index in [1.807, 2.05) is 53.1 Å². The van der Waals surface area contributed by atoms with Crippen molar-refractivity contribution in [2.24, 2.45) is 0 Å². The molecule has 0 aliphatic carbocycles. The van der Waals surface area contributed by atoms with Crippen molar-refractivity contribution in [3.05, 3.63) is 87.5 Å². The number of rotatable bonds is 2. The van der Waals surface area contributed by atoms with Crippen LogP contribution in [0.15, 0.2) is 70.0 Å². The van der Waals surface area contributed by atoms with Crippen molar-refractivity contribution in [3.63, 3.8) is 0 Å². The van der Waals surface area contributed by atoms with Gasteiger partial charge in [0.2, 0.25) is 5.71 Å². The number of benzene rings is 2. The van der Waals surface area contributed by atoms with Crippen molar-refractivity contribution >= 4 is 55.4 Å². The quantitative estimate of drug-likeness (QED) is 0.325. The second-order valence-electron chi connectivity index (χ2n) is 8.23. The topological polar surface area (TPSA) is 70.2 Å². The number of ether oxygens (including phenoxy) is 1. The molecule has 160 valence electrons. The van der Waals surface area contributed by atoms with Gasteiger partial charge in [0.15, 0.2) is 0 Å². The molecule has 0 spiro atoms. The molecule has 6 aromatic rings. The zero-order chi connectivity index (χ0) is 22.1. The summed E-state index contributed by atoms with van der Waals surface area (Å²) in [5, 5.41) is 3.89. The van der Waals surface area contributed by atoms with Gasteiger partial charge in [0, 0.05) is 34.3 Å². The molecule has 7 heteroatoms. The molecule has 1 aliphatic rings. The minimum atomic E-state index is -0.441. The second-order valence-corrected chi connectivity index (χ2v) is 8.59. The van der Waals surface area contributed by atoms with E-state index >= 15 is 0 Å². The fourth-order valence-electron chi connectivity index (χ4n) is 4.94. The summed E-state index contributed by atoms with van der Waals surface area (Å²) in [6.07, 6.45) is 2.47. The second kappa shape index (κ2) is 6.80. The molecule has 4 aromatic heterocycles. The molecule has 0 atom stereocenters. The van der Waals surface area contributed by atoms with Crippen LogP contribution in [0.2, 0.25) is 5.15 Å². The maximum absolute atomic E-state index is 13.3. The number of aromatic nitrogens is 3. The first-order valence-corrected chi connectivity index (χ1v) is 11.1. The molecule has 0 unspecified atom stereocenters. The van der Waals surface area contributed by atoms with Crippen LogP contribution in [0, 0.1) is 0 Å². The molecule has 0 amide bonds. The van der Waals surface area contributed by atoms with Crippen LogP contribution in [0.3, 0.4) is 0 Å². The number of pyridine rings is 2. The van der Waals surface area contributed by atoms with Crippen LogP contribution < -0.4 is 10.4 Å². The number of para-hydroxylation sites is 1. The van der Waals surface area contributed by atoms with E-state index in [0.29, 0.717) is 29.5 Å². The Labute approximate surface area is 192 Å². The summed E-state index contributed by atoms with van der Waals surface area (Å²) in [4.78, 5) is 22.1. The highest BCUT2D eigenvalue weighted by Gasteiger charge is 2.25. The summed E-state index contributed by atoms with van der Waals surface area (Å²) in [5.41, 5.74) is 4.02. The van der Waals surface area contributed by atoms with Gasteiger partial charge in [0.25, 0.3) is 0 Å². The van der Waals surface area contributed by atoms with Crippen LogP contribution in [-0.4, -0.2) is 21.1 Å². The minimum absolute atomic E-state index is 0.315. The van der Waals surface area contributed by atoms with Crippen molar-refractivity contribution in [1.29, 1.82) is 0 Å². The highest BCUT2D eigenvalue weighted by Crippen LogP contribution is 2.42. The van der Waals surface area contributed by atoms with Crippen LogP contribution >= 0.6 is 11.6 Å². The van der Waals surface area contributed by atoms with Gasteiger partial charge in [-0.05, 0) is 35.9 Å². The van der Waals surface area contributed by atoms with E-state index in [1.165, 1.54) is 0 Å². The number of hydrogen-bond donors (Lipinski definition) is 0. The maximum Gasteiger partial charge on any atom is 0.362 e. The van der Waals surface area contributed by atoms with Crippen LogP contribution in [0.25, 0.3) is 43.8 Å². The van der Waals surface area contributed by atoms with E-state index in [1.54, 1.807) is 6.20 Å². The maximum atomic E-state index is 13.3. The Morgan fingerprint density at radius 1 is 1.06 bits per heavy atom. The van der Waals surface area contributed by atoms with Crippen molar-refractivity contribution in [2.45, 2.75) is 13.0 Å². The van der Waals surface area contributed by atoms with E-state index in [4.69, 9.17) is 20.8 Å². The standard InChI is InChI=1S/C26H16ClN3O3/c27-24-16(12-15-4-1-2-6-18(15)29-24)13-30-19-8-7-14-9-11-32-23(14)21(19)20-17-5-3-10-28-25(17)33-26(31)22(20)30/h1-8,10,12H,9,11,13H2. The first-order chi connectivity index (χ1) is 16.2. The normalized spacial score (nSPS) is 13.2. The largest absolute Gasteiger partial charge is 0.492 e. The van der Waals surface area contributed by atoms with Gasteiger partial charge < -0.3 is 13.7 Å². The molecule has 0 fully saturated rings. The van der Waals surface area contributed by atoms with Crippen LogP contribution in [-0.2, 0) is 13.0 Å². The van der Waals surface area contributed by atoms with Gasteiger partial charge in [-0.3, -0.25) is 0 Å². The summed E-state index contributed by atoms with van der Waals surface area (Å²) >= 11 is 6.59. The third-order valence-electron chi connectivity index (χ3n) is 6.38. The molecular weight excluding hydrogens is 438 g/mol. The third kappa shape index (κ3) is 2.64. The summed E-state index contributed by atoms with van der Waals surface area (Å²) < 4.78 is 13.6. The predicted molar refractivity (Wildman–Crippen MR) is 128 cm³/mol. The molecule has 5 heterocycles. The van der Waals surface area contributed by atoms with E-state index in [2.05, 4.69) is 16.0 Å². The summed E-state index contributed by atoms with van der Waals surface area (Å²) in [5.74, 6) is 0.828. The summed E-state index contributed by atoms with van der Waals surface area (Å²) in [7, 11) is 0. The van der Waals surface area contributed by atoms with Gasteiger partial charge in [-0.2, -0.15) is 0 Å². The molecule has 1 aliphatic heterocycles. The van der Waals surface area contributed by atoms with E-state index < -0.39 is 5.63 Å². The summed E-state index contributed by atoms with van der Waals surface area (Å²) in [6.45, 7) is 0.991. The number of hydrogen-bond acceptors (Lipinski definition) is 5. The Morgan fingerprint density at radius 3 is 2.91 bits per heavy atom. The number of halogens is 1. The zero-order valence-corrected chi connectivity index (χ0v) is 18.1. The number of nitrogens with zero attached hydrogens (tertiary/aromatic N) is 3. The Balaban J connectivity index is 1.60. The zero-order valence-electron chi connectivity index (χ0n) is 17.3. The van der Waals surface area contributed by atoms with Gasteiger partial charge in [0.05, 0.1) is 29.6 Å².